The molecule has 0 fully saturated rings. The molecule has 1 aromatic rings. The first-order valence-electron chi connectivity index (χ1n) is 2.86. The summed E-state index contributed by atoms with van der Waals surface area (Å²) in [4.78, 5) is 3.91. The molecule has 0 amide bonds. The Labute approximate surface area is 68.6 Å². The highest BCUT2D eigenvalue weighted by Crippen LogP contribution is 2.13. The molecule has 0 saturated heterocycles. The topological polar surface area (TPSA) is 12.9 Å². The summed E-state index contributed by atoms with van der Waals surface area (Å²) in [5.74, 6) is 2.57. The molecule has 1 aromatic heterocycles. The van der Waals surface area contributed by atoms with Crippen LogP contribution < -0.4 is 0 Å². The van der Waals surface area contributed by atoms with Gasteiger partial charge in [-0.1, -0.05) is 0 Å². The fourth-order valence-corrected chi connectivity index (χ4v) is 1.05. The van der Waals surface area contributed by atoms with Crippen molar-refractivity contribution in [3.8, 4) is 12.3 Å². The molecule has 0 bridgehead atoms. The summed E-state index contributed by atoms with van der Waals surface area (Å²) in [5, 5.41) is 0. The number of halogens is 1. The molecule has 0 aliphatic rings. The summed E-state index contributed by atoms with van der Waals surface area (Å²) >= 11 is 3.34. The standard InChI is InChI=1S/C8H6BrN/c1-2-3-7-4-5-10-6-8(7)9/h1,4-6H,3H2. The summed E-state index contributed by atoms with van der Waals surface area (Å²) in [7, 11) is 0. The summed E-state index contributed by atoms with van der Waals surface area (Å²) in [6.07, 6.45) is 9.27. The maximum atomic E-state index is 5.14. The molecule has 0 radical (unpaired) electrons. The molecule has 2 heteroatoms. The summed E-state index contributed by atoms with van der Waals surface area (Å²) in [6, 6.07) is 1.91. The van der Waals surface area contributed by atoms with Crippen molar-refractivity contribution >= 4 is 15.9 Å². The van der Waals surface area contributed by atoms with E-state index in [9.17, 15) is 0 Å². The van der Waals surface area contributed by atoms with Gasteiger partial charge in [0.2, 0.25) is 0 Å². The van der Waals surface area contributed by atoms with E-state index in [0.29, 0.717) is 6.42 Å². The molecule has 0 aliphatic carbocycles. The highest BCUT2D eigenvalue weighted by Gasteiger charge is 1.94. The third-order valence-corrected chi connectivity index (χ3v) is 1.86. The predicted octanol–water partition coefficient (Wildman–Crippen LogP) is 2.02. The number of rotatable bonds is 1. The molecule has 0 spiro atoms. The minimum Gasteiger partial charge on any atom is -0.264 e. The van der Waals surface area contributed by atoms with Crippen molar-refractivity contribution in [2.75, 3.05) is 0 Å². The van der Waals surface area contributed by atoms with Crippen LogP contribution >= 0.6 is 15.9 Å². The van der Waals surface area contributed by atoms with Crippen LogP contribution in [-0.2, 0) is 6.42 Å². The van der Waals surface area contributed by atoms with Gasteiger partial charge in [0.05, 0.1) is 0 Å². The van der Waals surface area contributed by atoms with Crippen LogP contribution in [-0.4, -0.2) is 4.98 Å². The second-order valence-corrected chi connectivity index (χ2v) is 2.70. The van der Waals surface area contributed by atoms with E-state index in [2.05, 4.69) is 26.8 Å². The van der Waals surface area contributed by atoms with Gasteiger partial charge in [-0.3, -0.25) is 4.98 Å². The molecule has 1 rings (SSSR count). The van der Waals surface area contributed by atoms with E-state index in [1.165, 1.54) is 0 Å². The van der Waals surface area contributed by atoms with Crippen LogP contribution in [0.25, 0.3) is 0 Å². The molecule has 0 aliphatic heterocycles. The lowest BCUT2D eigenvalue weighted by atomic mass is 10.2. The predicted molar refractivity (Wildman–Crippen MR) is 44.5 cm³/mol. The Morgan fingerprint density at radius 2 is 2.50 bits per heavy atom. The minimum atomic E-state index is 0.656. The van der Waals surface area contributed by atoms with E-state index in [0.717, 1.165) is 10.0 Å². The number of hydrogen-bond donors (Lipinski definition) is 0. The zero-order valence-corrected chi connectivity index (χ0v) is 6.93. The van der Waals surface area contributed by atoms with Crippen molar-refractivity contribution < 1.29 is 0 Å². The summed E-state index contributed by atoms with van der Waals surface area (Å²) in [5.41, 5.74) is 1.11. The highest BCUT2D eigenvalue weighted by molar-refractivity contribution is 9.10. The SMILES string of the molecule is C#CCc1ccncc1Br. The third kappa shape index (κ3) is 1.58. The number of nitrogens with zero attached hydrogens (tertiary/aromatic N) is 1. The molecule has 0 aromatic carbocycles. The largest absolute Gasteiger partial charge is 0.264 e. The maximum absolute atomic E-state index is 5.14. The molecule has 1 heterocycles. The minimum absolute atomic E-state index is 0.656. The molecule has 0 unspecified atom stereocenters. The van der Waals surface area contributed by atoms with Crippen molar-refractivity contribution in [1.29, 1.82) is 0 Å². The van der Waals surface area contributed by atoms with Gasteiger partial charge in [-0.05, 0) is 27.6 Å². The van der Waals surface area contributed by atoms with Gasteiger partial charge in [0.25, 0.3) is 0 Å². The van der Waals surface area contributed by atoms with E-state index < -0.39 is 0 Å². The lowest BCUT2D eigenvalue weighted by Crippen LogP contribution is -1.83. The van der Waals surface area contributed by atoms with E-state index in [-0.39, 0.29) is 0 Å². The van der Waals surface area contributed by atoms with Crippen molar-refractivity contribution in [2.45, 2.75) is 6.42 Å². The van der Waals surface area contributed by atoms with Crippen molar-refractivity contribution in [2.24, 2.45) is 0 Å². The first kappa shape index (κ1) is 7.30. The van der Waals surface area contributed by atoms with Crippen LogP contribution in [0, 0.1) is 12.3 Å². The van der Waals surface area contributed by atoms with E-state index >= 15 is 0 Å². The van der Waals surface area contributed by atoms with E-state index in [1.807, 2.05) is 6.07 Å². The van der Waals surface area contributed by atoms with Crippen molar-refractivity contribution in [3.05, 3.63) is 28.5 Å². The van der Waals surface area contributed by atoms with Gasteiger partial charge in [-0.2, -0.15) is 0 Å². The summed E-state index contributed by atoms with van der Waals surface area (Å²) in [6.45, 7) is 0. The monoisotopic (exact) mass is 195 g/mol. The quantitative estimate of drug-likeness (QED) is 0.626. The van der Waals surface area contributed by atoms with Crippen molar-refractivity contribution in [3.63, 3.8) is 0 Å². The van der Waals surface area contributed by atoms with Gasteiger partial charge in [-0.25, -0.2) is 0 Å². The Morgan fingerprint density at radius 1 is 1.70 bits per heavy atom. The molecular weight excluding hydrogens is 190 g/mol. The number of hydrogen-bond acceptors (Lipinski definition) is 1. The molecule has 0 N–H and O–H groups in total. The first-order chi connectivity index (χ1) is 4.84. The number of aromatic nitrogens is 1. The zero-order chi connectivity index (χ0) is 7.40. The number of pyridine rings is 1. The lowest BCUT2D eigenvalue weighted by Gasteiger charge is -1.95. The second kappa shape index (κ2) is 3.38. The Morgan fingerprint density at radius 3 is 3.10 bits per heavy atom. The van der Waals surface area contributed by atoms with Gasteiger partial charge in [0.1, 0.15) is 0 Å². The zero-order valence-electron chi connectivity index (χ0n) is 5.34. The fraction of sp³-hybridized carbons (Fsp3) is 0.125. The van der Waals surface area contributed by atoms with Crippen LogP contribution in [0.3, 0.4) is 0 Å². The Kier molecular flexibility index (Phi) is 2.47. The lowest BCUT2D eigenvalue weighted by molar-refractivity contribution is 1.21. The highest BCUT2D eigenvalue weighted by atomic mass is 79.9. The molecular formula is C8H6BrN. The molecule has 0 atom stereocenters. The maximum Gasteiger partial charge on any atom is 0.0413 e. The fourth-order valence-electron chi connectivity index (χ4n) is 0.657. The van der Waals surface area contributed by atoms with Crippen LogP contribution in [0.15, 0.2) is 22.9 Å². The number of terminal acetylenes is 1. The smallest absolute Gasteiger partial charge is 0.0413 e. The second-order valence-electron chi connectivity index (χ2n) is 1.85. The first-order valence-corrected chi connectivity index (χ1v) is 3.65. The van der Waals surface area contributed by atoms with Crippen LogP contribution in [0.4, 0.5) is 0 Å². The van der Waals surface area contributed by atoms with Gasteiger partial charge in [0.15, 0.2) is 0 Å². The van der Waals surface area contributed by atoms with Gasteiger partial charge >= 0.3 is 0 Å². The normalized spacial score (nSPS) is 8.80. The van der Waals surface area contributed by atoms with Crippen LogP contribution in [0.2, 0.25) is 0 Å². The Balaban J connectivity index is 2.94. The Bertz CT molecular complexity index is 262. The average Bonchev–Trinajstić information content (AvgIpc) is 1.94. The molecule has 10 heavy (non-hydrogen) atoms. The van der Waals surface area contributed by atoms with Crippen LogP contribution in [0.5, 0.6) is 0 Å². The van der Waals surface area contributed by atoms with E-state index in [1.54, 1.807) is 12.4 Å². The van der Waals surface area contributed by atoms with Gasteiger partial charge < -0.3 is 0 Å². The summed E-state index contributed by atoms with van der Waals surface area (Å²) < 4.78 is 0.980. The average molecular weight is 196 g/mol. The molecule has 1 nitrogen and oxygen atoms in total. The van der Waals surface area contributed by atoms with Gasteiger partial charge in [0, 0.05) is 23.3 Å². The Hall–Kier alpha value is -0.810. The van der Waals surface area contributed by atoms with Crippen molar-refractivity contribution in [1.82, 2.24) is 4.98 Å². The molecule has 0 saturated carbocycles. The molecule has 50 valence electrons. The third-order valence-electron chi connectivity index (χ3n) is 1.15. The van der Waals surface area contributed by atoms with Crippen LogP contribution in [0.1, 0.15) is 5.56 Å². The van der Waals surface area contributed by atoms with E-state index in [4.69, 9.17) is 6.42 Å². The van der Waals surface area contributed by atoms with Gasteiger partial charge in [-0.15, -0.1) is 12.3 Å².